The zero-order valence-electron chi connectivity index (χ0n) is 26.3. The highest BCUT2D eigenvalue weighted by molar-refractivity contribution is 6.09. The van der Waals surface area contributed by atoms with Crippen LogP contribution in [-0.2, 0) is 0 Å². The smallest absolute Gasteiger partial charge is 0.138 e. The first kappa shape index (κ1) is 27.9. The van der Waals surface area contributed by atoms with Gasteiger partial charge in [-0.3, -0.25) is 0 Å². The maximum Gasteiger partial charge on any atom is 0.138 e. The molecular weight excluding hydrogens is 583 g/mol. The first-order chi connectivity index (χ1) is 23.8. The fourth-order valence-corrected chi connectivity index (χ4v) is 6.98. The molecule has 2 heteroatoms. The van der Waals surface area contributed by atoms with Crippen LogP contribution in [0.4, 0.5) is 17.1 Å². The number of hydrogen-bond donors (Lipinski definition) is 0. The second-order valence-corrected chi connectivity index (χ2v) is 12.2. The van der Waals surface area contributed by atoms with E-state index in [1.54, 1.807) is 0 Å². The fraction of sp³-hybridized carbons (Fsp3) is 0. The molecule has 226 valence electrons. The maximum absolute atomic E-state index is 6.80. The molecule has 0 N–H and O–H groups in total. The molecule has 0 amide bonds. The van der Waals surface area contributed by atoms with Crippen molar-refractivity contribution in [1.82, 2.24) is 0 Å². The predicted molar refractivity (Wildman–Crippen MR) is 200 cm³/mol. The molecule has 1 aliphatic rings. The van der Waals surface area contributed by atoms with E-state index in [0.29, 0.717) is 0 Å². The van der Waals surface area contributed by atoms with Crippen LogP contribution in [0.1, 0.15) is 0 Å². The Kier molecular flexibility index (Phi) is 6.84. The van der Waals surface area contributed by atoms with Gasteiger partial charge in [0.1, 0.15) is 11.5 Å². The van der Waals surface area contributed by atoms with E-state index in [4.69, 9.17) is 4.74 Å². The van der Waals surface area contributed by atoms with Gasteiger partial charge in [0.2, 0.25) is 0 Å². The van der Waals surface area contributed by atoms with Gasteiger partial charge in [-0.1, -0.05) is 146 Å². The summed E-state index contributed by atoms with van der Waals surface area (Å²) in [7, 11) is 0. The fourth-order valence-electron chi connectivity index (χ4n) is 6.98. The SMILES string of the molecule is c1ccc(-c2ccc(N(c3ccc(-c4ccccc4)cc3)c3cc4c5c(cccc5c3)-c3c(cccc3-c3ccccc3)O4)cc2)cc1. The van der Waals surface area contributed by atoms with E-state index in [0.717, 1.165) is 44.9 Å². The molecule has 8 aromatic rings. The molecule has 0 atom stereocenters. The van der Waals surface area contributed by atoms with E-state index in [1.165, 1.54) is 38.9 Å². The van der Waals surface area contributed by atoms with Crippen LogP contribution in [0, 0.1) is 0 Å². The van der Waals surface area contributed by atoms with Crippen molar-refractivity contribution < 1.29 is 4.74 Å². The van der Waals surface area contributed by atoms with Crippen LogP contribution in [0.3, 0.4) is 0 Å². The zero-order valence-corrected chi connectivity index (χ0v) is 26.3. The Labute approximate surface area is 280 Å². The van der Waals surface area contributed by atoms with E-state index in [1.807, 2.05) is 0 Å². The zero-order chi connectivity index (χ0) is 31.9. The first-order valence-corrected chi connectivity index (χ1v) is 16.3. The molecule has 0 bridgehead atoms. The number of hydrogen-bond acceptors (Lipinski definition) is 2. The van der Waals surface area contributed by atoms with Crippen LogP contribution in [0.2, 0.25) is 0 Å². The Bertz CT molecular complexity index is 2300. The summed E-state index contributed by atoms with van der Waals surface area (Å²) < 4.78 is 6.80. The molecule has 0 spiro atoms. The Morgan fingerprint density at radius 3 is 1.42 bits per heavy atom. The summed E-state index contributed by atoms with van der Waals surface area (Å²) in [6, 6.07) is 66.7. The quantitative estimate of drug-likeness (QED) is 0.185. The van der Waals surface area contributed by atoms with E-state index in [-0.39, 0.29) is 0 Å². The second-order valence-electron chi connectivity index (χ2n) is 12.2. The standard InChI is InChI=1S/C46H31NO/c1-4-12-32(13-5-1)34-22-26-38(27-23-34)47(39-28-24-35(25-29-39)33-14-6-2-7-15-33)40-30-37-18-10-20-42-45(37)44(31-40)48-43-21-11-19-41(46(42)43)36-16-8-3-9-17-36/h1-31H. The number of anilines is 3. The van der Waals surface area contributed by atoms with Crippen LogP contribution in [0.25, 0.3) is 55.3 Å². The van der Waals surface area contributed by atoms with Crippen molar-refractivity contribution in [3.05, 3.63) is 188 Å². The molecule has 9 rings (SSSR count). The monoisotopic (exact) mass is 613 g/mol. The number of rotatable bonds is 6. The summed E-state index contributed by atoms with van der Waals surface area (Å²) in [4.78, 5) is 2.32. The summed E-state index contributed by atoms with van der Waals surface area (Å²) in [5.41, 5.74) is 12.7. The highest BCUT2D eigenvalue weighted by Gasteiger charge is 2.25. The average molecular weight is 614 g/mol. The Morgan fingerprint density at radius 1 is 0.333 bits per heavy atom. The molecule has 1 heterocycles. The van der Waals surface area contributed by atoms with Crippen molar-refractivity contribution in [1.29, 1.82) is 0 Å². The van der Waals surface area contributed by atoms with Gasteiger partial charge in [0.05, 0.1) is 5.69 Å². The van der Waals surface area contributed by atoms with Crippen LogP contribution < -0.4 is 9.64 Å². The average Bonchev–Trinajstić information content (AvgIpc) is 3.16. The molecule has 8 aromatic carbocycles. The summed E-state index contributed by atoms with van der Waals surface area (Å²) in [6.07, 6.45) is 0. The number of benzene rings is 8. The predicted octanol–water partition coefficient (Wildman–Crippen LogP) is 13.1. The van der Waals surface area contributed by atoms with Crippen molar-refractivity contribution >= 4 is 27.8 Å². The largest absolute Gasteiger partial charge is 0.456 e. The van der Waals surface area contributed by atoms with Gasteiger partial charge in [0, 0.05) is 28.4 Å². The molecule has 0 saturated heterocycles. The van der Waals surface area contributed by atoms with Gasteiger partial charge in [0.15, 0.2) is 0 Å². The van der Waals surface area contributed by atoms with E-state index in [2.05, 4.69) is 193 Å². The Morgan fingerprint density at radius 2 is 0.833 bits per heavy atom. The van der Waals surface area contributed by atoms with Crippen LogP contribution >= 0.6 is 0 Å². The van der Waals surface area contributed by atoms with Gasteiger partial charge in [-0.25, -0.2) is 0 Å². The van der Waals surface area contributed by atoms with E-state index in [9.17, 15) is 0 Å². The highest BCUT2D eigenvalue weighted by Crippen LogP contribution is 2.52. The lowest BCUT2D eigenvalue weighted by Gasteiger charge is -2.29. The van der Waals surface area contributed by atoms with Gasteiger partial charge < -0.3 is 9.64 Å². The molecule has 0 fully saturated rings. The first-order valence-electron chi connectivity index (χ1n) is 16.3. The third kappa shape index (κ3) is 4.92. The summed E-state index contributed by atoms with van der Waals surface area (Å²) in [5, 5.41) is 2.27. The molecule has 0 saturated carbocycles. The molecule has 0 aliphatic carbocycles. The lowest BCUT2D eigenvalue weighted by Crippen LogP contribution is -2.10. The van der Waals surface area contributed by atoms with Gasteiger partial charge in [-0.15, -0.1) is 0 Å². The van der Waals surface area contributed by atoms with Gasteiger partial charge in [-0.05, 0) is 80.7 Å². The van der Waals surface area contributed by atoms with Crippen molar-refractivity contribution in [3.63, 3.8) is 0 Å². The lowest BCUT2D eigenvalue weighted by molar-refractivity contribution is 0.487. The summed E-state index contributed by atoms with van der Waals surface area (Å²) in [5.74, 6) is 1.74. The van der Waals surface area contributed by atoms with Crippen LogP contribution in [-0.4, -0.2) is 0 Å². The summed E-state index contributed by atoms with van der Waals surface area (Å²) >= 11 is 0. The minimum atomic E-state index is 0.864. The molecule has 1 aliphatic heterocycles. The van der Waals surface area contributed by atoms with Crippen molar-refractivity contribution in [2.45, 2.75) is 0 Å². The van der Waals surface area contributed by atoms with Gasteiger partial charge in [0.25, 0.3) is 0 Å². The maximum atomic E-state index is 6.80. The number of nitrogens with zero attached hydrogens (tertiary/aromatic N) is 1. The molecule has 0 unspecified atom stereocenters. The van der Waals surface area contributed by atoms with E-state index >= 15 is 0 Å². The highest BCUT2D eigenvalue weighted by atomic mass is 16.5. The number of fused-ring (bicyclic) bond motifs is 2. The van der Waals surface area contributed by atoms with Gasteiger partial charge in [-0.2, -0.15) is 0 Å². The Balaban J connectivity index is 1.19. The normalized spacial score (nSPS) is 11.5. The van der Waals surface area contributed by atoms with Gasteiger partial charge >= 0.3 is 0 Å². The topological polar surface area (TPSA) is 12.5 Å². The minimum absolute atomic E-state index is 0.864. The lowest BCUT2D eigenvalue weighted by atomic mass is 9.88. The molecule has 0 radical (unpaired) electrons. The van der Waals surface area contributed by atoms with Crippen molar-refractivity contribution in [3.8, 4) is 56.0 Å². The minimum Gasteiger partial charge on any atom is -0.456 e. The Hall–Kier alpha value is -6.38. The second kappa shape index (κ2) is 11.8. The molecular formula is C46H31NO. The van der Waals surface area contributed by atoms with Crippen molar-refractivity contribution in [2.24, 2.45) is 0 Å². The van der Waals surface area contributed by atoms with E-state index < -0.39 is 0 Å². The molecule has 48 heavy (non-hydrogen) atoms. The molecule has 2 nitrogen and oxygen atoms in total. The van der Waals surface area contributed by atoms with Crippen LogP contribution in [0.15, 0.2) is 188 Å². The van der Waals surface area contributed by atoms with Crippen molar-refractivity contribution in [2.75, 3.05) is 4.90 Å². The number of ether oxygens (including phenoxy) is 1. The molecule has 0 aromatic heterocycles. The third-order valence-corrected chi connectivity index (χ3v) is 9.25. The summed E-state index contributed by atoms with van der Waals surface area (Å²) in [6.45, 7) is 0. The third-order valence-electron chi connectivity index (χ3n) is 9.25. The van der Waals surface area contributed by atoms with Crippen LogP contribution in [0.5, 0.6) is 11.5 Å².